The first-order chi connectivity index (χ1) is 13.6. The van der Waals surface area contributed by atoms with E-state index in [0.717, 1.165) is 51.9 Å². The maximum Gasteiger partial charge on any atom is 0.200 e. The third-order valence-electron chi connectivity index (χ3n) is 5.44. The molecule has 0 saturated heterocycles. The summed E-state index contributed by atoms with van der Waals surface area (Å²) >= 11 is 0. The van der Waals surface area contributed by atoms with Gasteiger partial charge in [-0.3, -0.25) is 4.98 Å². The van der Waals surface area contributed by atoms with Crippen LogP contribution >= 0.6 is 0 Å². The zero-order chi connectivity index (χ0) is 18.9. The fourth-order valence-electron chi connectivity index (χ4n) is 3.89. The lowest BCUT2D eigenvalue weighted by atomic mass is 10.0. The summed E-state index contributed by atoms with van der Waals surface area (Å²) in [6.07, 6.45) is 9.43. The van der Waals surface area contributed by atoms with Crippen molar-refractivity contribution in [3.63, 3.8) is 0 Å². The Hall–Kier alpha value is -3.19. The normalized spacial score (nSPS) is 17.6. The monoisotopic (exact) mass is 388 g/mol. The molecule has 1 aliphatic carbocycles. The first-order valence-electron chi connectivity index (χ1n) is 9.18. The number of hydrogen-bond acceptors (Lipinski definition) is 5. The Bertz CT molecular complexity index is 1420. The molecule has 1 aliphatic heterocycles. The van der Waals surface area contributed by atoms with Crippen LogP contribution in [0.15, 0.2) is 65.4 Å². The van der Waals surface area contributed by atoms with Gasteiger partial charge in [0.15, 0.2) is 0 Å². The molecule has 28 heavy (non-hydrogen) atoms. The lowest BCUT2D eigenvalue weighted by Gasteiger charge is -2.12. The van der Waals surface area contributed by atoms with Crippen molar-refractivity contribution in [3.05, 3.63) is 66.1 Å². The Labute approximate surface area is 161 Å². The number of fused-ring (bicyclic) bond motifs is 3. The van der Waals surface area contributed by atoms with E-state index >= 15 is 0 Å². The molecule has 1 fully saturated rings. The topological polar surface area (TPSA) is 76.4 Å². The van der Waals surface area contributed by atoms with Gasteiger partial charge in [0.1, 0.15) is 5.65 Å². The van der Waals surface area contributed by atoms with Crippen molar-refractivity contribution in [2.45, 2.75) is 17.7 Å². The van der Waals surface area contributed by atoms with Crippen molar-refractivity contribution in [1.82, 2.24) is 14.4 Å². The van der Waals surface area contributed by atoms with Gasteiger partial charge in [-0.2, -0.15) is 0 Å². The molecule has 4 aromatic rings. The van der Waals surface area contributed by atoms with E-state index in [1.807, 2.05) is 41.1 Å². The summed E-state index contributed by atoms with van der Waals surface area (Å²) < 4.78 is 27.3. The minimum Gasteiger partial charge on any atom is -0.355 e. The average molecular weight is 388 g/mol. The predicted molar refractivity (Wildman–Crippen MR) is 108 cm³/mol. The van der Waals surface area contributed by atoms with Gasteiger partial charge in [-0.15, -0.1) is 0 Å². The quantitative estimate of drug-likeness (QED) is 0.570. The van der Waals surface area contributed by atoms with Crippen molar-refractivity contribution < 1.29 is 8.42 Å². The van der Waals surface area contributed by atoms with Crippen LogP contribution < -0.4 is 5.32 Å². The maximum atomic E-state index is 12.7. The van der Waals surface area contributed by atoms with Gasteiger partial charge in [0.05, 0.1) is 10.4 Å². The van der Waals surface area contributed by atoms with Crippen LogP contribution in [0.1, 0.15) is 18.4 Å². The molecule has 3 aromatic heterocycles. The molecule has 6 rings (SSSR count). The van der Waals surface area contributed by atoms with Gasteiger partial charge in [0.2, 0.25) is 9.84 Å². The van der Waals surface area contributed by atoms with E-state index < -0.39 is 9.84 Å². The van der Waals surface area contributed by atoms with E-state index in [9.17, 15) is 8.42 Å². The Balaban J connectivity index is 1.49. The van der Waals surface area contributed by atoms with Gasteiger partial charge in [0, 0.05) is 53.0 Å². The zero-order valence-electron chi connectivity index (χ0n) is 14.8. The number of nitrogens with one attached hydrogen (secondary N) is 1. The smallest absolute Gasteiger partial charge is 0.200 e. The fraction of sp³-hybridized carbons (Fsp3) is 0.143. The molecular weight excluding hydrogens is 372 g/mol. The van der Waals surface area contributed by atoms with Gasteiger partial charge in [-0.1, -0.05) is 0 Å². The van der Waals surface area contributed by atoms with Crippen molar-refractivity contribution in [3.8, 4) is 0 Å². The van der Waals surface area contributed by atoms with Gasteiger partial charge >= 0.3 is 0 Å². The van der Waals surface area contributed by atoms with Gasteiger partial charge in [-0.25, -0.2) is 13.4 Å². The summed E-state index contributed by atoms with van der Waals surface area (Å²) in [7, 11) is -3.39. The van der Waals surface area contributed by atoms with E-state index in [-0.39, 0.29) is 0 Å². The molecule has 0 bridgehead atoms. The molecule has 138 valence electrons. The van der Waals surface area contributed by atoms with Crippen LogP contribution in [-0.2, 0) is 9.84 Å². The molecule has 6 nitrogen and oxygen atoms in total. The molecule has 0 atom stereocenters. The lowest BCUT2D eigenvalue weighted by Crippen LogP contribution is -1.98. The molecule has 1 N–H and O–H groups in total. The number of anilines is 2. The van der Waals surface area contributed by atoms with Crippen LogP contribution in [0.3, 0.4) is 0 Å². The number of pyridine rings is 2. The second kappa shape index (κ2) is 5.42. The lowest BCUT2D eigenvalue weighted by molar-refractivity contribution is 0.605. The Morgan fingerprint density at radius 2 is 1.93 bits per heavy atom. The molecule has 4 heterocycles. The second-order valence-electron chi connectivity index (χ2n) is 7.35. The van der Waals surface area contributed by atoms with Crippen molar-refractivity contribution >= 4 is 43.3 Å². The van der Waals surface area contributed by atoms with Crippen LogP contribution in [0.2, 0.25) is 0 Å². The zero-order valence-corrected chi connectivity index (χ0v) is 15.6. The molecule has 0 radical (unpaired) electrons. The third-order valence-corrected chi connectivity index (χ3v) is 6.95. The number of hydrogen-bond donors (Lipinski definition) is 1. The Morgan fingerprint density at radius 3 is 2.79 bits per heavy atom. The summed E-state index contributed by atoms with van der Waals surface area (Å²) in [4.78, 5) is 9.18. The summed E-state index contributed by atoms with van der Waals surface area (Å²) in [5, 5.41) is 5.63. The number of rotatable bonds is 3. The first kappa shape index (κ1) is 15.8. The minimum atomic E-state index is -3.39. The first-order valence-corrected chi connectivity index (χ1v) is 10.7. The van der Waals surface area contributed by atoms with E-state index in [4.69, 9.17) is 0 Å². The van der Waals surface area contributed by atoms with Crippen molar-refractivity contribution in [2.24, 2.45) is 5.92 Å². The molecule has 1 aromatic carbocycles. The number of aromatic nitrogens is 3. The SMILES string of the molecule is O=S1(=O)C=C(C2CC2)c2cc3nccc(Nc4ccn5ccnc5c4)c3cc21. The highest BCUT2D eigenvalue weighted by molar-refractivity contribution is 7.95. The van der Waals surface area contributed by atoms with Crippen LogP contribution in [0.25, 0.3) is 22.1 Å². The van der Waals surface area contributed by atoms with E-state index in [1.54, 1.807) is 18.5 Å². The van der Waals surface area contributed by atoms with Crippen LogP contribution in [0.5, 0.6) is 0 Å². The maximum absolute atomic E-state index is 12.7. The largest absolute Gasteiger partial charge is 0.355 e. The van der Waals surface area contributed by atoms with E-state index in [2.05, 4.69) is 15.3 Å². The summed E-state index contributed by atoms with van der Waals surface area (Å²) in [6, 6.07) is 9.44. The summed E-state index contributed by atoms with van der Waals surface area (Å²) in [5.74, 6) is 0.371. The highest BCUT2D eigenvalue weighted by Gasteiger charge is 2.36. The van der Waals surface area contributed by atoms with Crippen LogP contribution in [-0.4, -0.2) is 22.8 Å². The van der Waals surface area contributed by atoms with Crippen LogP contribution in [0, 0.1) is 5.92 Å². The molecule has 0 amide bonds. The standard InChI is InChI=1S/C21H16N4O2S/c26-28(27)12-17(13-1-2-13)15-10-19-16(11-20(15)28)18(3-5-22-19)24-14-4-7-25-8-6-23-21(25)9-14/h3-13H,1-2H2,(H,22,24). The fourth-order valence-corrected chi connectivity index (χ4v) is 5.44. The number of imidazole rings is 1. The molecule has 1 saturated carbocycles. The third kappa shape index (κ3) is 2.36. The number of allylic oxidation sites excluding steroid dienone is 1. The van der Waals surface area contributed by atoms with Crippen molar-refractivity contribution in [1.29, 1.82) is 0 Å². The minimum absolute atomic E-state index is 0.371. The highest BCUT2D eigenvalue weighted by atomic mass is 32.2. The molecular formula is C21H16N4O2S. The Kier molecular flexibility index (Phi) is 3.06. The molecule has 7 heteroatoms. The average Bonchev–Trinajstić information content (AvgIpc) is 3.36. The number of benzene rings is 1. The number of nitrogens with zero attached hydrogens (tertiary/aromatic N) is 3. The Morgan fingerprint density at radius 1 is 1.04 bits per heavy atom. The molecule has 2 aliphatic rings. The van der Waals surface area contributed by atoms with Crippen molar-refractivity contribution in [2.75, 3.05) is 5.32 Å². The second-order valence-corrected chi connectivity index (χ2v) is 9.12. The van der Waals surface area contributed by atoms with E-state index in [0.29, 0.717) is 10.8 Å². The van der Waals surface area contributed by atoms with Gasteiger partial charge in [-0.05, 0) is 54.2 Å². The summed E-state index contributed by atoms with van der Waals surface area (Å²) in [5.41, 5.74) is 5.09. The van der Waals surface area contributed by atoms with Gasteiger partial charge in [0.25, 0.3) is 0 Å². The number of sulfone groups is 1. The highest BCUT2D eigenvalue weighted by Crippen LogP contribution is 2.49. The summed E-state index contributed by atoms with van der Waals surface area (Å²) in [6.45, 7) is 0. The van der Waals surface area contributed by atoms with Crippen LogP contribution in [0.4, 0.5) is 11.4 Å². The molecule has 0 unspecified atom stereocenters. The van der Waals surface area contributed by atoms with Gasteiger partial charge < -0.3 is 9.72 Å². The van der Waals surface area contributed by atoms with E-state index in [1.165, 1.54) is 5.41 Å². The predicted octanol–water partition coefficient (Wildman–Crippen LogP) is 4.16. The molecule has 0 spiro atoms.